The Bertz CT molecular complexity index is 1610. The Hall–Kier alpha value is -5.02. The molecule has 0 aliphatic heterocycles. The molecule has 0 heterocycles. The molecule has 0 bridgehead atoms. The van der Waals surface area contributed by atoms with Crippen molar-refractivity contribution in [3.8, 4) is 0 Å². The van der Waals surface area contributed by atoms with Crippen LogP contribution in [0.1, 0.15) is 44.5 Å². The van der Waals surface area contributed by atoms with Crippen LogP contribution >= 0.6 is 0 Å². The van der Waals surface area contributed by atoms with E-state index in [-0.39, 0.29) is 0 Å². The van der Waals surface area contributed by atoms with Crippen LogP contribution in [0, 0.1) is 0 Å². The van der Waals surface area contributed by atoms with Crippen molar-refractivity contribution in [2.75, 3.05) is 0 Å². The van der Waals surface area contributed by atoms with E-state index in [0.29, 0.717) is 0 Å². The standard InChI is InChI=1S/C42H38N2/c1-5-13-33(14-6-1)29-43-31-35-21-25-39(26-22-35)41(37-17-9-3-10-18-37)42(38-19-11-4-12-20-38)40-27-23-36(24-28-40)32-44-30-34-15-7-2-8-16-34/h1-28,43-44H,29-32H2/b42-41+. The summed E-state index contributed by atoms with van der Waals surface area (Å²) < 4.78 is 0. The fraction of sp³-hybridized carbons (Fsp3) is 0.0952. The molecule has 0 aromatic heterocycles. The molecule has 6 rings (SSSR count). The second-order valence-electron chi connectivity index (χ2n) is 11.1. The van der Waals surface area contributed by atoms with Gasteiger partial charge in [0, 0.05) is 26.2 Å². The maximum absolute atomic E-state index is 3.58. The first-order valence-electron chi connectivity index (χ1n) is 15.4. The van der Waals surface area contributed by atoms with Gasteiger partial charge in [-0.15, -0.1) is 0 Å². The molecule has 0 atom stereocenters. The highest BCUT2D eigenvalue weighted by Gasteiger charge is 2.16. The zero-order valence-corrected chi connectivity index (χ0v) is 25.0. The Labute approximate surface area is 261 Å². The van der Waals surface area contributed by atoms with Crippen molar-refractivity contribution in [2.45, 2.75) is 26.2 Å². The molecular formula is C42H38N2. The molecule has 6 aromatic carbocycles. The minimum atomic E-state index is 0.824. The topological polar surface area (TPSA) is 24.1 Å². The minimum Gasteiger partial charge on any atom is -0.309 e. The number of nitrogens with one attached hydrogen (secondary N) is 2. The number of hydrogen-bond donors (Lipinski definition) is 2. The van der Waals surface area contributed by atoms with Gasteiger partial charge in [0.2, 0.25) is 0 Å². The van der Waals surface area contributed by atoms with Crippen molar-refractivity contribution in [2.24, 2.45) is 0 Å². The van der Waals surface area contributed by atoms with Crippen LogP contribution < -0.4 is 10.6 Å². The normalized spacial score (nSPS) is 11.6. The summed E-state index contributed by atoms with van der Waals surface area (Å²) >= 11 is 0. The maximum Gasteiger partial charge on any atom is 0.0208 e. The molecule has 0 unspecified atom stereocenters. The smallest absolute Gasteiger partial charge is 0.0208 e. The lowest BCUT2D eigenvalue weighted by Crippen LogP contribution is -2.12. The fourth-order valence-corrected chi connectivity index (χ4v) is 5.59. The predicted octanol–water partition coefficient (Wildman–Crippen LogP) is 9.27. The molecule has 2 heteroatoms. The Balaban J connectivity index is 1.30. The fourth-order valence-electron chi connectivity index (χ4n) is 5.59. The summed E-state index contributed by atoms with van der Waals surface area (Å²) in [6.07, 6.45) is 0. The van der Waals surface area contributed by atoms with Gasteiger partial charge >= 0.3 is 0 Å². The third-order valence-corrected chi connectivity index (χ3v) is 7.86. The van der Waals surface area contributed by atoms with E-state index in [1.165, 1.54) is 55.7 Å². The molecule has 0 radical (unpaired) electrons. The number of benzene rings is 6. The van der Waals surface area contributed by atoms with Crippen molar-refractivity contribution in [1.29, 1.82) is 0 Å². The highest BCUT2D eigenvalue weighted by atomic mass is 14.8. The summed E-state index contributed by atoms with van der Waals surface area (Å²) in [6, 6.07) is 60.7. The number of hydrogen-bond acceptors (Lipinski definition) is 2. The Morgan fingerprint density at radius 1 is 0.273 bits per heavy atom. The highest BCUT2D eigenvalue weighted by Crippen LogP contribution is 2.37. The van der Waals surface area contributed by atoms with Crippen molar-refractivity contribution in [3.05, 3.63) is 214 Å². The van der Waals surface area contributed by atoms with E-state index in [9.17, 15) is 0 Å². The third kappa shape index (κ3) is 7.67. The molecule has 0 fully saturated rings. The largest absolute Gasteiger partial charge is 0.309 e. The summed E-state index contributed by atoms with van der Waals surface area (Å²) in [4.78, 5) is 0. The maximum atomic E-state index is 3.58. The molecule has 216 valence electrons. The lowest BCUT2D eigenvalue weighted by atomic mass is 9.85. The Kier molecular flexibility index (Phi) is 9.86. The van der Waals surface area contributed by atoms with Gasteiger partial charge in [-0.1, -0.05) is 170 Å². The van der Waals surface area contributed by atoms with Gasteiger partial charge in [-0.05, 0) is 55.7 Å². The van der Waals surface area contributed by atoms with E-state index in [1.807, 2.05) is 0 Å². The van der Waals surface area contributed by atoms with E-state index >= 15 is 0 Å². The van der Waals surface area contributed by atoms with Gasteiger partial charge < -0.3 is 10.6 Å². The van der Waals surface area contributed by atoms with Crippen LogP contribution in [0.2, 0.25) is 0 Å². The van der Waals surface area contributed by atoms with Gasteiger partial charge in [-0.3, -0.25) is 0 Å². The zero-order chi connectivity index (χ0) is 29.8. The lowest BCUT2D eigenvalue weighted by molar-refractivity contribution is 0.693. The molecule has 0 aliphatic rings. The van der Waals surface area contributed by atoms with E-state index in [1.54, 1.807) is 0 Å². The summed E-state index contributed by atoms with van der Waals surface area (Å²) in [5.74, 6) is 0. The summed E-state index contributed by atoms with van der Waals surface area (Å²) in [5.41, 5.74) is 12.4. The predicted molar refractivity (Wildman–Crippen MR) is 185 cm³/mol. The molecule has 6 aromatic rings. The first kappa shape index (κ1) is 29.1. The minimum absolute atomic E-state index is 0.824. The van der Waals surface area contributed by atoms with Crippen LogP contribution in [-0.2, 0) is 26.2 Å². The van der Waals surface area contributed by atoms with Gasteiger partial charge in [0.1, 0.15) is 0 Å². The van der Waals surface area contributed by atoms with Gasteiger partial charge in [0.15, 0.2) is 0 Å². The van der Waals surface area contributed by atoms with Crippen molar-refractivity contribution < 1.29 is 0 Å². The second kappa shape index (κ2) is 14.9. The third-order valence-electron chi connectivity index (χ3n) is 7.86. The summed E-state index contributed by atoms with van der Waals surface area (Å²) in [5, 5.41) is 7.17. The Morgan fingerprint density at radius 2 is 0.523 bits per heavy atom. The van der Waals surface area contributed by atoms with Crippen LogP contribution in [0.25, 0.3) is 11.1 Å². The van der Waals surface area contributed by atoms with Crippen LogP contribution in [0.15, 0.2) is 170 Å². The molecule has 0 amide bonds. The van der Waals surface area contributed by atoms with E-state index < -0.39 is 0 Å². The lowest BCUT2D eigenvalue weighted by Gasteiger charge is -2.19. The zero-order valence-electron chi connectivity index (χ0n) is 25.0. The van der Waals surface area contributed by atoms with Crippen LogP contribution in [0.5, 0.6) is 0 Å². The van der Waals surface area contributed by atoms with Gasteiger partial charge in [-0.2, -0.15) is 0 Å². The molecule has 2 nitrogen and oxygen atoms in total. The quantitative estimate of drug-likeness (QED) is 0.143. The Morgan fingerprint density at radius 3 is 0.841 bits per heavy atom. The van der Waals surface area contributed by atoms with Crippen molar-refractivity contribution >= 4 is 11.1 Å². The van der Waals surface area contributed by atoms with Crippen molar-refractivity contribution in [3.63, 3.8) is 0 Å². The van der Waals surface area contributed by atoms with Gasteiger partial charge in [-0.25, -0.2) is 0 Å². The van der Waals surface area contributed by atoms with E-state index in [0.717, 1.165) is 26.2 Å². The van der Waals surface area contributed by atoms with Crippen molar-refractivity contribution in [1.82, 2.24) is 10.6 Å². The molecule has 0 spiro atoms. The van der Waals surface area contributed by atoms with Gasteiger partial charge in [0.25, 0.3) is 0 Å². The van der Waals surface area contributed by atoms with Crippen LogP contribution in [-0.4, -0.2) is 0 Å². The van der Waals surface area contributed by atoms with Gasteiger partial charge in [0.05, 0.1) is 0 Å². The molecular weight excluding hydrogens is 532 g/mol. The van der Waals surface area contributed by atoms with Crippen LogP contribution in [0.3, 0.4) is 0 Å². The molecule has 44 heavy (non-hydrogen) atoms. The molecule has 0 saturated heterocycles. The average Bonchev–Trinajstić information content (AvgIpc) is 3.10. The first-order valence-corrected chi connectivity index (χ1v) is 15.4. The molecule has 0 saturated carbocycles. The molecule has 0 aliphatic carbocycles. The summed E-state index contributed by atoms with van der Waals surface area (Å²) in [7, 11) is 0. The number of rotatable bonds is 12. The van der Waals surface area contributed by atoms with E-state index in [4.69, 9.17) is 0 Å². The SMILES string of the molecule is c1ccc(CNCc2ccc(/C(=C(\c3ccccc3)c3ccc(CNCc4ccccc4)cc3)c3ccccc3)cc2)cc1. The first-order chi connectivity index (χ1) is 21.8. The summed E-state index contributed by atoms with van der Waals surface area (Å²) in [6.45, 7) is 3.36. The monoisotopic (exact) mass is 570 g/mol. The van der Waals surface area contributed by atoms with Crippen LogP contribution in [0.4, 0.5) is 0 Å². The highest BCUT2D eigenvalue weighted by molar-refractivity contribution is 6.04. The second-order valence-corrected chi connectivity index (χ2v) is 11.1. The average molecular weight is 571 g/mol. The van der Waals surface area contributed by atoms with E-state index in [2.05, 4.69) is 180 Å². The molecule has 2 N–H and O–H groups in total.